The zero-order chi connectivity index (χ0) is 20.9. The van der Waals surface area contributed by atoms with E-state index in [1.54, 1.807) is 0 Å². The molecule has 0 spiro atoms. The van der Waals surface area contributed by atoms with Gasteiger partial charge in [0.15, 0.2) is 0 Å². The van der Waals surface area contributed by atoms with Gasteiger partial charge in [-0.25, -0.2) is 0 Å². The van der Waals surface area contributed by atoms with Gasteiger partial charge in [0, 0.05) is 43.5 Å². The van der Waals surface area contributed by atoms with Crippen LogP contribution >= 0.6 is 0 Å². The van der Waals surface area contributed by atoms with Gasteiger partial charge in [-0.2, -0.15) is 0 Å². The Morgan fingerprint density at radius 1 is 0.839 bits per heavy atom. The highest BCUT2D eigenvalue weighted by Gasteiger charge is 2.48. The van der Waals surface area contributed by atoms with Crippen LogP contribution in [0.5, 0.6) is 5.75 Å². The average Bonchev–Trinajstić information content (AvgIpc) is 3.62. The van der Waals surface area contributed by atoms with Gasteiger partial charge in [-0.3, -0.25) is 9.59 Å². The summed E-state index contributed by atoms with van der Waals surface area (Å²) in [5.41, 5.74) is 0.728. The molecular formula is C26H34N2O3. The molecule has 1 saturated heterocycles. The largest absolute Gasteiger partial charge is 0.490 e. The Morgan fingerprint density at radius 3 is 2.03 bits per heavy atom. The van der Waals surface area contributed by atoms with Gasteiger partial charge in [-0.1, -0.05) is 0 Å². The molecule has 0 aromatic heterocycles. The Bertz CT molecular complexity index is 811. The van der Waals surface area contributed by atoms with Gasteiger partial charge >= 0.3 is 0 Å². The lowest BCUT2D eigenvalue weighted by molar-refractivity contribution is -0.134. The van der Waals surface area contributed by atoms with Crippen LogP contribution in [0.4, 0.5) is 0 Å². The number of carbonyl (C=O) groups is 2. The smallest absolute Gasteiger partial charge is 0.251 e. The van der Waals surface area contributed by atoms with E-state index in [1.807, 2.05) is 29.2 Å². The van der Waals surface area contributed by atoms with Crippen molar-refractivity contribution in [1.82, 2.24) is 10.2 Å². The maximum atomic E-state index is 12.9. The molecule has 0 atom stereocenters. The molecule has 1 N–H and O–H groups in total. The zero-order valence-electron chi connectivity index (χ0n) is 18.3. The highest BCUT2D eigenvalue weighted by Crippen LogP contribution is 2.53. The number of hydrogen-bond donors (Lipinski definition) is 1. The number of ether oxygens (including phenoxy) is 1. The number of hydrogen-bond acceptors (Lipinski definition) is 3. The molecule has 5 nitrogen and oxygen atoms in total. The second kappa shape index (κ2) is 7.83. The van der Waals surface area contributed by atoms with E-state index in [1.165, 1.54) is 32.1 Å². The van der Waals surface area contributed by atoms with Crippen LogP contribution < -0.4 is 10.1 Å². The van der Waals surface area contributed by atoms with Crippen molar-refractivity contribution in [3.05, 3.63) is 29.8 Å². The zero-order valence-corrected chi connectivity index (χ0v) is 18.3. The molecule has 6 fully saturated rings. The SMILES string of the molecule is O=C(NC1C2CC3CC(C2)CC1C3)c1ccc(OC2CCN(C(=O)C3CC3)CC2)cc1. The molecule has 5 aliphatic carbocycles. The minimum Gasteiger partial charge on any atom is -0.490 e. The van der Waals surface area contributed by atoms with Crippen molar-refractivity contribution >= 4 is 11.8 Å². The maximum absolute atomic E-state index is 12.9. The van der Waals surface area contributed by atoms with Crippen LogP contribution in [0.25, 0.3) is 0 Å². The van der Waals surface area contributed by atoms with Crippen LogP contribution in [0, 0.1) is 29.6 Å². The summed E-state index contributed by atoms with van der Waals surface area (Å²) in [4.78, 5) is 27.1. The second-order valence-electron chi connectivity index (χ2n) is 10.9. The van der Waals surface area contributed by atoms with E-state index in [-0.39, 0.29) is 12.0 Å². The number of likely N-dealkylation sites (tertiary alicyclic amines) is 1. The van der Waals surface area contributed by atoms with Crippen molar-refractivity contribution in [3.8, 4) is 5.75 Å². The standard InChI is InChI=1S/C26H34N2O3/c29-25(27-24-20-12-16-11-17(14-20)15-21(24)13-16)18-3-5-22(6-4-18)31-23-7-9-28(10-8-23)26(30)19-1-2-19/h3-6,16-17,19-21,23-24H,1-2,7-15H2,(H,27,29). The highest BCUT2D eigenvalue weighted by atomic mass is 16.5. The fourth-order valence-corrected chi connectivity index (χ4v) is 7.06. The number of nitrogens with zero attached hydrogens (tertiary/aromatic N) is 1. The van der Waals surface area contributed by atoms with Crippen molar-refractivity contribution in [2.45, 2.75) is 69.9 Å². The summed E-state index contributed by atoms with van der Waals surface area (Å²) in [5.74, 6) is 4.76. The molecule has 4 bridgehead atoms. The van der Waals surface area contributed by atoms with Gasteiger partial charge in [0.05, 0.1) is 0 Å². The first-order valence-corrected chi connectivity index (χ1v) is 12.5. The van der Waals surface area contributed by atoms with E-state index < -0.39 is 0 Å². The Morgan fingerprint density at radius 2 is 1.45 bits per heavy atom. The monoisotopic (exact) mass is 422 g/mol. The van der Waals surface area contributed by atoms with Crippen LogP contribution in [0.1, 0.15) is 68.1 Å². The lowest BCUT2D eigenvalue weighted by atomic mass is 9.54. The average molecular weight is 423 g/mol. The summed E-state index contributed by atoms with van der Waals surface area (Å²) in [6, 6.07) is 8.01. The van der Waals surface area contributed by atoms with E-state index >= 15 is 0 Å². The molecule has 5 heteroatoms. The number of rotatable bonds is 5. The molecule has 1 aliphatic heterocycles. The van der Waals surface area contributed by atoms with Crippen LogP contribution in [0.15, 0.2) is 24.3 Å². The van der Waals surface area contributed by atoms with Crippen LogP contribution in [-0.4, -0.2) is 41.9 Å². The lowest BCUT2D eigenvalue weighted by Crippen LogP contribution is -2.55. The predicted molar refractivity (Wildman–Crippen MR) is 118 cm³/mol. The molecular weight excluding hydrogens is 388 g/mol. The number of piperidine rings is 1. The molecule has 1 aromatic rings. The predicted octanol–water partition coefficient (Wildman–Crippen LogP) is 4.02. The molecule has 7 rings (SSSR count). The molecule has 5 saturated carbocycles. The first kappa shape index (κ1) is 19.6. The fourth-order valence-electron chi connectivity index (χ4n) is 7.06. The molecule has 166 valence electrons. The van der Waals surface area contributed by atoms with E-state index in [2.05, 4.69) is 5.32 Å². The number of benzene rings is 1. The molecule has 0 radical (unpaired) electrons. The molecule has 0 unspecified atom stereocenters. The third-order valence-corrected chi connectivity index (χ3v) is 8.62. The van der Waals surface area contributed by atoms with Crippen molar-refractivity contribution < 1.29 is 14.3 Å². The van der Waals surface area contributed by atoms with Crippen LogP contribution in [0.2, 0.25) is 0 Å². The Labute approximate surface area is 184 Å². The summed E-state index contributed by atoms with van der Waals surface area (Å²) in [6.45, 7) is 1.60. The van der Waals surface area contributed by atoms with Gasteiger partial charge in [-0.15, -0.1) is 0 Å². The number of nitrogens with one attached hydrogen (secondary N) is 1. The number of carbonyl (C=O) groups excluding carboxylic acids is 2. The minimum absolute atomic E-state index is 0.0657. The van der Waals surface area contributed by atoms with Gasteiger partial charge in [-0.05, 0) is 92.9 Å². The first-order chi connectivity index (χ1) is 15.1. The molecule has 1 heterocycles. The molecule has 2 amide bonds. The van der Waals surface area contributed by atoms with Gasteiger partial charge in [0.25, 0.3) is 5.91 Å². The van der Waals surface area contributed by atoms with Crippen LogP contribution in [0.3, 0.4) is 0 Å². The van der Waals surface area contributed by atoms with Gasteiger partial charge in [0.1, 0.15) is 11.9 Å². The Hall–Kier alpha value is -2.04. The van der Waals surface area contributed by atoms with E-state index in [0.29, 0.717) is 29.7 Å². The third-order valence-electron chi connectivity index (χ3n) is 8.62. The van der Waals surface area contributed by atoms with E-state index in [9.17, 15) is 9.59 Å². The van der Waals surface area contributed by atoms with Gasteiger partial charge < -0.3 is 15.0 Å². The summed E-state index contributed by atoms with van der Waals surface area (Å²) in [6.07, 6.45) is 10.7. The lowest BCUT2D eigenvalue weighted by Gasteiger charge is -2.54. The first-order valence-electron chi connectivity index (χ1n) is 12.5. The fraction of sp³-hybridized carbons (Fsp3) is 0.692. The van der Waals surface area contributed by atoms with Crippen molar-refractivity contribution in [2.24, 2.45) is 29.6 Å². The summed E-state index contributed by atoms with van der Waals surface area (Å²) >= 11 is 0. The van der Waals surface area contributed by atoms with E-state index in [4.69, 9.17) is 4.74 Å². The van der Waals surface area contributed by atoms with Crippen molar-refractivity contribution in [2.75, 3.05) is 13.1 Å². The molecule has 31 heavy (non-hydrogen) atoms. The van der Waals surface area contributed by atoms with Crippen molar-refractivity contribution in [1.29, 1.82) is 0 Å². The molecule has 1 aromatic carbocycles. The minimum atomic E-state index is 0.0657. The number of amides is 2. The van der Waals surface area contributed by atoms with Gasteiger partial charge in [0.2, 0.25) is 5.91 Å². The summed E-state index contributed by atoms with van der Waals surface area (Å²) in [5, 5.41) is 3.39. The van der Waals surface area contributed by atoms with E-state index in [0.717, 1.165) is 61.9 Å². The normalized spacial score (nSPS) is 34.6. The second-order valence-corrected chi connectivity index (χ2v) is 10.9. The third kappa shape index (κ3) is 3.96. The highest BCUT2D eigenvalue weighted by molar-refractivity contribution is 5.94. The maximum Gasteiger partial charge on any atom is 0.251 e. The van der Waals surface area contributed by atoms with Crippen LogP contribution in [-0.2, 0) is 4.79 Å². The quantitative estimate of drug-likeness (QED) is 0.780. The van der Waals surface area contributed by atoms with Crippen molar-refractivity contribution in [3.63, 3.8) is 0 Å². The summed E-state index contributed by atoms with van der Waals surface area (Å²) in [7, 11) is 0. The summed E-state index contributed by atoms with van der Waals surface area (Å²) < 4.78 is 6.15. The Balaban J connectivity index is 1.01. The molecule has 6 aliphatic rings. The Kier molecular flexibility index (Phi) is 4.96. The topological polar surface area (TPSA) is 58.6 Å².